The van der Waals surface area contributed by atoms with Crippen LogP contribution in [-0.2, 0) is 0 Å². The molecule has 0 aromatic heterocycles. The molecule has 0 saturated heterocycles. The zero-order valence-electron chi connectivity index (χ0n) is 8.39. The van der Waals surface area contributed by atoms with Crippen LogP contribution in [0, 0.1) is 5.92 Å². The van der Waals surface area contributed by atoms with Gasteiger partial charge in [0.05, 0.1) is 5.84 Å². The topological polar surface area (TPSA) is 24.4 Å². The van der Waals surface area contributed by atoms with E-state index < -0.39 is 0 Å². The Labute approximate surface area is 80.8 Å². The summed E-state index contributed by atoms with van der Waals surface area (Å²) >= 11 is 0. The molecule has 1 fully saturated rings. The van der Waals surface area contributed by atoms with E-state index in [1.54, 1.807) is 0 Å². The van der Waals surface area contributed by atoms with Gasteiger partial charge in [0.1, 0.15) is 0 Å². The maximum absolute atomic E-state index is 4.60. The normalized spacial score (nSPS) is 26.0. The fourth-order valence-electron chi connectivity index (χ4n) is 2.38. The highest BCUT2D eigenvalue weighted by Crippen LogP contribution is 2.23. The van der Waals surface area contributed by atoms with Crippen LogP contribution in [0.3, 0.4) is 0 Å². The molecule has 2 aliphatic rings. The summed E-state index contributed by atoms with van der Waals surface area (Å²) in [6.07, 6.45) is 9.64. The fraction of sp³-hybridized carbons (Fsp3) is 0.909. The molecule has 0 unspecified atom stereocenters. The van der Waals surface area contributed by atoms with Gasteiger partial charge < -0.3 is 5.32 Å². The lowest BCUT2D eigenvalue weighted by atomic mass is 9.98. The molecular weight excluding hydrogens is 160 g/mol. The number of hydrogen-bond donors (Lipinski definition) is 1. The van der Waals surface area contributed by atoms with Gasteiger partial charge in [-0.2, -0.15) is 0 Å². The van der Waals surface area contributed by atoms with Gasteiger partial charge in [-0.05, 0) is 19.3 Å². The van der Waals surface area contributed by atoms with Crippen LogP contribution >= 0.6 is 0 Å². The largest absolute Gasteiger partial charge is 0.374 e. The maximum atomic E-state index is 4.60. The van der Waals surface area contributed by atoms with Crippen molar-refractivity contribution < 1.29 is 0 Å². The van der Waals surface area contributed by atoms with Gasteiger partial charge in [-0.1, -0.05) is 25.7 Å². The number of aliphatic imine (C=N–C) groups is 1. The first kappa shape index (κ1) is 9.04. The summed E-state index contributed by atoms with van der Waals surface area (Å²) in [5.74, 6) is 2.09. The van der Waals surface area contributed by atoms with Gasteiger partial charge in [-0.15, -0.1) is 0 Å². The van der Waals surface area contributed by atoms with Crippen molar-refractivity contribution in [3.05, 3.63) is 0 Å². The van der Waals surface area contributed by atoms with Crippen molar-refractivity contribution in [3.63, 3.8) is 0 Å². The molecule has 2 nitrogen and oxygen atoms in total. The Bertz CT molecular complexity index is 179. The molecule has 1 saturated carbocycles. The van der Waals surface area contributed by atoms with Crippen molar-refractivity contribution in [2.75, 3.05) is 13.1 Å². The SMILES string of the molecule is C1CCCC(C2=NCCCN2)CC1. The van der Waals surface area contributed by atoms with Crippen LogP contribution in [0.2, 0.25) is 0 Å². The van der Waals surface area contributed by atoms with Gasteiger partial charge in [0.2, 0.25) is 0 Å². The molecule has 2 rings (SSSR count). The molecule has 0 amide bonds. The summed E-state index contributed by atoms with van der Waals surface area (Å²) in [5, 5.41) is 3.47. The maximum Gasteiger partial charge on any atom is 0.0994 e. The van der Waals surface area contributed by atoms with E-state index in [4.69, 9.17) is 0 Å². The smallest absolute Gasteiger partial charge is 0.0994 e. The Balaban J connectivity index is 1.92. The van der Waals surface area contributed by atoms with Crippen LogP contribution in [0.25, 0.3) is 0 Å². The van der Waals surface area contributed by atoms with E-state index in [-0.39, 0.29) is 0 Å². The molecule has 0 aromatic carbocycles. The molecule has 2 heteroatoms. The average molecular weight is 180 g/mol. The van der Waals surface area contributed by atoms with E-state index in [1.165, 1.54) is 50.8 Å². The van der Waals surface area contributed by atoms with Crippen molar-refractivity contribution in [2.45, 2.75) is 44.9 Å². The van der Waals surface area contributed by atoms with Crippen LogP contribution in [-0.4, -0.2) is 18.9 Å². The minimum Gasteiger partial charge on any atom is -0.374 e. The zero-order chi connectivity index (χ0) is 8.93. The lowest BCUT2D eigenvalue weighted by molar-refractivity contribution is 0.556. The van der Waals surface area contributed by atoms with E-state index in [9.17, 15) is 0 Å². The Morgan fingerprint density at radius 3 is 2.38 bits per heavy atom. The first-order valence-electron chi connectivity index (χ1n) is 5.75. The van der Waals surface area contributed by atoms with E-state index in [2.05, 4.69) is 10.3 Å². The third kappa shape index (κ3) is 2.45. The fourth-order valence-corrected chi connectivity index (χ4v) is 2.38. The number of hydrogen-bond acceptors (Lipinski definition) is 2. The number of rotatable bonds is 1. The number of nitrogens with one attached hydrogen (secondary N) is 1. The highest BCUT2D eigenvalue weighted by molar-refractivity contribution is 5.85. The van der Waals surface area contributed by atoms with Crippen molar-refractivity contribution in [2.24, 2.45) is 10.9 Å². The molecule has 0 bridgehead atoms. The summed E-state index contributed by atoms with van der Waals surface area (Å²) < 4.78 is 0. The molecule has 1 aliphatic heterocycles. The molecule has 0 radical (unpaired) electrons. The quantitative estimate of drug-likeness (QED) is 0.615. The van der Waals surface area contributed by atoms with E-state index >= 15 is 0 Å². The highest BCUT2D eigenvalue weighted by atomic mass is 15.0. The number of nitrogens with zero attached hydrogens (tertiary/aromatic N) is 1. The molecule has 74 valence electrons. The van der Waals surface area contributed by atoms with Crippen molar-refractivity contribution >= 4 is 5.84 Å². The van der Waals surface area contributed by atoms with Crippen LogP contribution < -0.4 is 5.32 Å². The van der Waals surface area contributed by atoms with Crippen LogP contribution in [0.4, 0.5) is 0 Å². The molecule has 0 spiro atoms. The van der Waals surface area contributed by atoms with Gasteiger partial charge in [-0.3, -0.25) is 4.99 Å². The van der Waals surface area contributed by atoms with Crippen molar-refractivity contribution in [1.82, 2.24) is 5.32 Å². The summed E-state index contributed by atoms with van der Waals surface area (Å²) in [4.78, 5) is 4.60. The first-order valence-corrected chi connectivity index (χ1v) is 5.75. The van der Waals surface area contributed by atoms with Crippen LogP contribution in [0.15, 0.2) is 4.99 Å². The Kier molecular flexibility index (Phi) is 3.22. The molecule has 1 heterocycles. The van der Waals surface area contributed by atoms with Crippen molar-refractivity contribution in [3.8, 4) is 0 Å². The van der Waals surface area contributed by atoms with Gasteiger partial charge in [0.15, 0.2) is 0 Å². The van der Waals surface area contributed by atoms with Gasteiger partial charge >= 0.3 is 0 Å². The molecule has 1 aliphatic carbocycles. The lowest BCUT2D eigenvalue weighted by Gasteiger charge is -2.21. The molecular formula is C11H20N2. The van der Waals surface area contributed by atoms with E-state index in [0.717, 1.165) is 19.0 Å². The van der Waals surface area contributed by atoms with Gasteiger partial charge in [0, 0.05) is 19.0 Å². The molecule has 13 heavy (non-hydrogen) atoms. The van der Waals surface area contributed by atoms with Crippen LogP contribution in [0.1, 0.15) is 44.9 Å². The predicted octanol–water partition coefficient (Wildman–Crippen LogP) is 2.35. The average Bonchev–Trinajstić information content (AvgIpc) is 2.47. The standard InChI is InChI=1S/C11H20N2/c1-2-4-7-10(6-3-1)11-12-8-5-9-13-11/h10H,1-9H2,(H,12,13). The molecule has 0 atom stereocenters. The second-order valence-corrected chi connectivity index (χ2v) is 4.24. The summed E-state index contributed by atoms with van der Waals surface area (Å²) in [6, 6.07) is 0. The third-order valence-electron chi connectivity index (χ3n) is 3.17. The minimum absolute atomic E-state index is 0.766. The third-order valence-corrected chi connectivity index (χ3v) is 3.17. The van der Waals surface area contributed by atoms with Crippen molar-refractivity contribution in [1.29, 1.82) is 0 Å². The molecule has 0 aromatic rings. The van der Waals surface area contributed by atoms with E-state index in [0.29, 0.717) is 0 Å². The zero-order valence-corrected chi connectivity index (χ0v) is 8.39. The minimum atomic E-state index is 0.766. The molecule has 1 N–H and O–H groups in total. The van der Waals surface area contributed by atoms with Gasteiger partial charge in [0.25, 0.3) is 0 Å². The predicted molar refractivity (Wildman–Crippen MR) is 56.1 cm³/mol. The Morgan fingerprint density at radius 2 is 1.77 bits per heavy atom. The Morgan fingerprint density at radius 1 is 1.00 bits per heavy atom. The second kappa shape index (κ2) is 4.64. The van der Waals surface area contributed by atoms with Gasteiger partial charge in [-0.25, -0.2) is 0 Å². The lowest BCUT2D eigenvalue weighted by Crippen LogP contribution is -2.35. The Hall–Kier alpha value is -0.530. The summed E-state index contributed by atoms with van der Waals surface area (Å²) in [6.45, 7) is 2.20. The monoisotopic (exact) mass is 180 g/mol. The van der Waals surface area contributed by atoms with E-state index in [1.807, 2.05) is 0 Å². The highest BCUT2D eigenvalue weighted by Gasteiger charge is 2.18. The summed E-state index contributed by atoms with van der Waals surface area (Å²) in [5.41, 5.74) is 0. The van der Waals surface area contributed by atoms with Crippen LogP contribution in [0.5, 0.6) is 0 Å². The number of amidine groups is 1. The second-order valence-electron chi connectivity index (χ2n) is 4.24. The first-order chi connectivity index (χ1) is 6.47. The summed E-state index contributed by atoms with van der Waals surface area (Å²) in [7, 11) is 0.